The van der Waals surface area contributed by atoms with Crippen molar-refractivity contribution in [3.8, 4) is 0 Å². The molecule has 1 N–H and O–H groups in total. The second-order valence-corrected chi connectivity index (χ2v) is 6.46. The van der Waals surface area contributed by atoms with E-state index in [2.05, 4.69) is 18.7 Å². The zero-order valence-electron chi connectivity index (χ0n) is 11.8. The van der Waals surface area contributed by atoms with Crippen molar-refractivity contribution in [2.45, 2.75) is 70.9 Å². The number of carboxylic acid groups (broad SMARTS) is 1. The van der Waals surface area contributed by atoms with Gasteiger partial charge in [0.1, 0.15) is 0 Å². The van der Waals surface area contributed by atoms with Gasteiger partial charge in [-0.2, -0.15) is 0 Å². The van der Waals surface area contributed by atoms with Crippen LogP contribution in [0.4, 0.5) is 0 Å². The topological polar surface area (TPSA) is 40.5 Å². The van der Waals surface area contributed by atoms with Crippen molar-refractivity contribution in [2.75, 3.05) is 6.54 Å². The summed E-state index contributed by atoms with van der Waals surface area (Å²) in [5.41, 5.74) is 0. The van der Waals surface area contributed by atoms with E-state index in [0.717, 1.165) is 11.8 Å². The third kappa shape index (κ3) is 3.71. The second-order valence-electron chi connectivity index (χ2n) is 6.46. The van der Waals surface area contributed by atoms with Crippen molar-refractivity contribution in [2.24, 2.45) is 11.8 Å². The summed E-state index contributed by atoms with van der Waals surface area (Å²) in [4.78, 5) is 13.3. The molecule has 2 atom stereocenters. The highest BCUT2D eigenvalue weighted by Crippen LogP contribution is 2.35. The Morgan fingerprint density at radius 2 is 1.72 bits per heavy atom. The highest BCUT2D eigenvalue weighted by Gasteiger charge is 2.36. The van der Waals surface area contributed by atoms with Crippen LogP contribution in [0.2, 0.25) is 0 Å². The van der Waals surface area contributed by atoms with Crippen molar-refractivity contribution >= 4 is 5.97 Å². The Balaban J connectivity index is 1.92. The normalized spacial score (nSPS) is 29.6. The molecule has 0 aromatic carbocycles. The first-order valence-corrected chi connectivity index (χ1v) is 7.55. The van der Waals surface area contributed by atoms with E-state index >= 15 is 0 Å². The molecule has 0 heterocycles. The van der Waals surface area contributed by atoms with Crippen LogP contribution in [0, 0.1) is 11.8 Å². The quantitative estimate of drug-likeness (QED) is 0.765. The maximum absolute atomic E-state index is 11.0. The smallest absolute Gasteiger partial charge is 0.317 e. The summed E-state index contributed by atoms with van der Waals surface area (Å²) >= 11 is 0. The Bertz CT molecular complexity index is 286. The predicted octanol–water partition coefficient (Wildman–Crippen LogP) is 3.14. The van der Waals surface area contributed by atoms with Gasteiger partial charge >= 0.3 is 5.97 Å². The van der Waals surface area contributed by atoms with E-state index in [-0.39, 0.29) is 6.54 Å². The molecule has 0 radical (unpaired) electrons. The molecule has 0 amide bonds. The van der Waals surface area contributed by atoms with E-state index in [4.69, 9.17) is 5.11 Å². The van der Waals surface area contributed by atoms with Gasteiger partial charge in [-0.3, -0.25) is 9.69 Å². The van der Waals surface area contributed by atoms with Gasteiger partial charge in [-0.25, -0.2) is 0 Å². The number of rotatable bonds is 5. The molecule has 2 rings (SSSR count). The van der Waals surface area contributed by atoms with E-state index in [1.807, 2.05) is 0 Å². The van der Waals surface area contributed by atoms with Crippen LogP contribution >= 0.6 is 0 Å². The van der Waals surface area contributed by atoms with Crippen molar-refractivity contribution in [1.82, 2.24) is 4.90 Å². The predicted molar refractivity (Wildman–Crippen MR) is 72.6 cm³/mol. The van der Waals surface area contributed by atoms with E-state index in [0.29, 0.717) is 12.1 Å². The van der Waals surface area contributed by atoms with E-state index < -0.39 is 5.97 Å². The number of nitrogens with zero attached hydrogens (tertiary/aromatic N) is 1. The van der Waals surface area contributed by atoms with Gasteiger partial charge in [0.2, 0.25) is 0 Å². The largest absolute Gasteiger partial charge is 0.480 e. The maximum Gasteiger partial charge on any atom is 0.317 e. The number of carbonyl (C=O) groups is 1. The molecule has 3 heteroatoms. The number of aliphatic carboxylic acids is 1. The summed E-state index contributed by atoms with van der Waals surface area (Å²) in [5.74, 6) is 0.963. The van der Waals surface area contributed by atoms with Crippen LogP contribution in [0.1, 0.15) is 58.8 Å². The Hall–Kier alpha value is -0.570. The maximum atomic E-state index is 11.0. The summed E-state index contributed by atoms with van der Waals surface area (Å²) in [6, 6.07) is 1.10. The molecule has 2 fully saturated rings. The van der Waals surface area contributed by atoms with E-state index in [1.54, 1.807) is 0 Å². The SMILES string of the molecule is CC(C)C1CCCC(N(CC(=O)O)C2CC2)CC1. The van der Waals surface area contributed by atoms with Gasteiger partial charge in [0, 0.05) is 12.1 Å². The molecule has 0 saturated heterocycles. The van der Waals surface area contributed by atoms with Gasteiger partial charge in [-0.05, 0) is 43.9 Å². The van der Waals surface area contributed by atoms with Gasteiger partial charge in [-0.1, -0.05) is 26.7 Å². The highest BCUT2D eigenvalue weighted by atomic mass is 16.4. The van der Waals surface area contributed by atoms with Gasteiger partial charge in [0.05, 0.1) is 6.54 Å². The lowest BCUT2D eigenvalue weighted by Crippen LogP contribution is -2.40. The first-order chi connectivity index (χ1) is 8.58. The van der Waals surface area contributed by atoms with Gasteiger partial charge in [0.25, 0.3) is 0 Å². The van der Waals surface area contributed by atoms with Crippen LogP contribution in [0.5, 0.6) is 0 Å². The third-order valence-electron chi connectivity index (χ3n) is 4.73. The summed E-state index contributed by atoms with van der Waals surface area (Å²) in [6.07, 6.45) is 8.70. The van der Waals surface area contributed by atoms with Crippen molar-refractivity contribution in [1.29, 1.82) is 0 Å². The van der Waals surface area contributed by atoms with E-state index in [1.165, 1.54) is 44.9 Å². The van der Waals surface area contributed by atoms with Crippen LogP contribution in [0.15, 0.2) is 0 Å². The lowest BCUT2D eigenvalue weighted by Gasteiger charge is -2.29. The van der Waals surface area contributed by atoms with Crippen LogP contribution < -0.4 is 0 Å². The molecule has 2 aliphatic rings. The Morgan fingerprint density at radius 1 is 1.11 bits per heavy atom. The van der Waals surface area contributed by atoms with E-state index in [9.17, 15) is 4.79 Å². The molecule has 18 heavy (non-hydrogen) atoms. The number of carboxylic acids is 1. The summed E-state index contributed by atoms with van der Waals surface area (Å²) in [5, 5.41) is 9.06. The third-order valence-corrected chi connectivity index (χ3v) is 4.73. The first kappa shape index (κ1) is 13.9. The van der Waals surface area contributed by atoms with Gasteiger partial charge in [0.15, 0.2) is 0 Å². The average Bonchev–Trinajstić information content (AvgIpc) is 3.12. The Labute approximate surface area is 111 Å². The lowest BCUT2D eigenvalue weighted by molar-refractivity contribution is -0.139. The van der Waals surface area contributed by atoms with Gasteiger partial charge in [-0.15, -0.1) is 0 Å². The average molecular weight is 253 g/mol. The van der Waals surface area contributed by atoms with Crippen molar-refractivity contribution in [3.63, 3.8) is 0 Å². The summed E-state index contributed by atoms with van der Waals surface area (Å²) < 4.78 is 0. The molecule has 0 bridgehead atoms. The fourth-order valence-electron chi connectivity index (χ4n) is 3.43. The van der Waals surface area contributed by atoms with Gasteiger partial charge < -0.3 is 5.11 Å². The highest BCUT2D eigenvalue weighted by molar-refractivity contribution is 5.69. The standard InChI is InChI=1S/C15H27NO2/c1-11(2)12-4-3-5-13(7-6-12)16(10-15(17)18)14-8-9-14/h11-14H,3-10H2,1-2H3,(H,17,18). The molecule has 104 valence electrons. The molecular formula is C15H27NO2. The zero-order chi connectivity index (χ0) is 13.1. The summed E-state index contributed by atoms with van der Waals surface area (Å²) in [6.45, 7) is 4.89. The molecule has 2 saturated carbocycles. The minimum absolute atomic E-state index is 0.252. The molecule has 0 spiro atoms. The lowest BCUT2D eigenvalue weighted by atomic mass is 9.89. The van der Waals surface area contributed by atoms with Crippen LogP contribution in [-0.4, -0.2) is 34.6 Å². The molecule has 3 nitrogen and oxygen atoms in total. The first-order valence-electron chi connectivity index (χ1n) is 7.55. The molecular weight excluding hydrogens is 226 g/mol. The molecule has 0 aliphatic heterocycles. The molecule has 0 aromatic heterocycles. The molecule has 0 aromatic rings. The van der Waals surface area contributed by atoms with Crippen molar-refractivity contribution < 1.29 is 9.90 Å². The number of hydrogen-bond donors (Lipinski definition) is 1. The van der Waals surface area contributed by atoms with Crippen LogP contribution in [-0.2, 0) is 4.79 Å². The fraction of sp³-hybridized carbons (Fsp3) is 0.933. The minimum atomic E-state index is -0.661. The zero-order valence-corrected chi connectivity index (χ0v) is 11.8. The second kappa shape index (κ2) is 6.05. The van der Waals surface area contributed by atoms with Crippen LogP contribution in [0.3, 0.4) is 0 Å². The molecule has 2 aliphatic carbocycles. The minimum Gasteiger partial charge on any atom is -0.480 e. The van der Waals surface area contributed by atoms with Crippen molar-refractivity contribution in [3.05, 3.63) is 0 Å². The number of hydrogen-bond acceptors (Lipinski definition) is 2. The Morgan fingerprint density at radius 3 is 2.28 bits per heavy atom. The molecule has 2 unspecified atom stereocenters. The monoisotopic (exact) mass is 253 g/mol. The van der Waals surface area contributed by atoms with Crippen LogP contribution in [0.25, 0.3) is 0 Å². The fourth-order valence-corrected chi connectivity index (χ4v) is 3.43. The Kier molecular flexibility index (Phi) is 4.66. The summed E-state index contributed by atoms with van der Waals surface area (Å²) in [7, 11) is 0.